The molecular weight excluding hydrogens is 292 g/mol. The minimum atomic E-state index is 0.267. The molecular formula is C16H24N6O. The highest BCUT2D eigenvalue weighted by Gasteiger charge is 2.02. The van der Waals surface area contributed by atoms with Crippen LogP contribution in [0.3, 0.4) is 0 Å². The van der Waals surface area contributed by atoms with E-state index in [9.17, 15) is 5.11 Å². The molecule has 3 N–H and O–H groups in total. The highest BCUT2D eigenvalue weighted by Crippen LogP contribution is 2.10. The van der Waals surface area contributed by atoms with Gasteiger partial charge in [-0.15, -0.1) is 10.2 Å². The smallest absolute Gasteiger partial charge is 0.191 e. The average Bonchev–Trinajstić information content (AvgIpc) is 3.01. The Morgan fingerprint density at radius 3 is 2.70 bits per heavy atom. The minimum absolute atomic E-state index is 0.267. The number of benzene rings is 1. The van der Waals surface area contributed by atoms with Gasteiger partial charge >= 0.3 is 0 Å². The summed E-state index contributed by atoms with van der Waals surface area (Å²) in [7, 11) is 0. The molecule has 0 atom stereocenters. The molecule has 7 nitrogen and oxygen atoms in total. The van der Waals surface area contributed by atoms with Crippen LogP contribution >= 0.6 is 0 Å². The summed E-state index contributed by atoms with van der Waals surface area (Å²) in [6.45, 7) is 6.99. The summed E-state index contributed by atoms with van der Waals surface area (Å²) in [5.74, 6) is 2.02. The van der Waals surface area contributed by atoms with Gasteiger partial charge in [0, 0.05) is 26.1 Å². The van der Waals surface area contributed by atoms with Crippen molar-refractivity contribution in [1.29, 1.82) is 0 Å². The molecule has 124 valence electrons. The lowest BCUT2D eigenvalue weighted by atomic mass is 10.2. The highest BCUT2D eigenvalue weighted by atomic mass is 16.3. The molecule has 1 aromatic carbocycles. The Hall–Kier alpha value is -2.57. The molecule has 1 heterocycles. The lowest BCUT2D eigenvalue weighted by molar-refractivity contribution is 0.475. The van der Waals surface area contributed by atoms with Crippen molar-refractivity contribution in [2.45, 2.75) is 33.4 Å². The van der Waals surface area contributed by atoms with Crippen LogP contribution in [0.1, 0.15) is 25.2 Å². The van der Waals surface area contributed by atoms with E-state index >= 15 is 0 Å². The van der Waals surface area contributed by atoms with E-state index < -0.39 is 0 Å². The zero-order valence-corrected chi connectivity index (χ0v) is 13.7. The van der Waals surface area contributed by atoms with E-state index in [4.69, 9.17) is 0 Å². The minimum Gasteiger partial charge on any atom is -0.508 e. The Labute approximate surface area is 136 Å². The maximum Gasteiger partial charge on any atom is 0.191 e. The number of nitrogens with one attached hydrogen (secondary N) is 2. The zero-order chi connectivity index (χ0) is 16.5. The summed E-state index contributed by atoms with van der Waals surface area (Å²) in [5.41, 5.74) is 1.05. The third kappa shape index (κ3) is 5.28. The van der Waals surface area contributed by atoms with Crippen LogP contribution in [0.25, 0.3) is 0 Å². The third-order valence-corrected chi connectivity index (χ3v) is 3.36. The van der Waals surface area contributed by atoms with Crippen LogP contribution in [0.5, 0.6) is 5.75 Å². The number of hydrogen-bond acceptors (Lipinski definition) is 4. The molecule has 0 amide bonds. The van der Waals surface area contributed by atoms with Crippen LogP contribution in [0.15, 0.2) is 35.6 Å². The SMILES string of the molecule is CCNC(=NCc1ccc(O)cc1)NCCn1cnnc1CC. The summed E-state index contributed by atoms with van der Waals surface area (Å²) in [5, 5.41) is 23.8. The van der Waals surface area contributed by atoms with Crippen LogP contribution in [0.4, 0.5) is 0 Å². The van der Waals surface area contributed by atoms with Gasteiger partial charge in [0.15, 0.2) is 5.96 Å². The molecule has 0 aliphatic heterocycles. The molecule has 23 heavy (non-hydrogen) atoms. The van der Waals surface area contributed by atoms with Gasteiger partial charge in [-0.05, 0) is 24.6 Å². The number of nitrogens with zero attached hydrogens (tertiary/aromatic N) is 4. The van der Waals surface area contributed by atoms with Gasteiger partial charge in [-0.3, -0.25) is 0 Å². The topological polar surface area (TPSA) is 87.4 Å². The quantitative estimate of drug-likeness (QED) is 0.529. The van der Waals surface area contributed by atoms with Gasteiger partial charge in [-0.1, -0.05) is 19.1 Å². The summed E-state index contributed by atoms with van der Waals surface area (Å²) in [6, 6.07) is 7.08. The van der Waals surface area contributed by atoms with Gasteiger partial charge in [0.2, 0.25) is 0 Å². The van der Waals surface area contributed by atoms with Crippen molar-refractivity contribution in [1.82, 2.24) is 25.4 Å². The Morgan fingerprint density at radius 1 is 1.22 bits per heavy atom. The number of phenolic OH excluding ortho intramolecular Hbond substituents is 1. The van der Waals surface area contributed by atoms with Gasteiger partial charge in [0.05, 0.1) is 6.54 Å². The van der Waals surface area contributed by atoms with Gasteiger partial charge in [0.1, 0.15) is 17.9 Å². The Kier molecular flexibility index (Phi) is 6.40. The molecule has 2 rings (SSSR count). The lowest BCUT2D eigenvalue weighted by Crippen LogP contribution is -2.38. The number of aliphatic imine (C=N–C) groups is 1. The standard InChI is InChI=1S/C16H24N6O/c1-3-15-21-20-12-22(15)10-9-18-16(17-4-2)19-11-13-5-7-14(23)8-6-13/h5-8,12,23H,3-4,9-11H2,1-2H3,(H2,17,18,19). The first-order valence-electron chi connectivity index (χ1n) is 7.89. The number of hydrogen-bond donors (Lipinski definition) is 3. The van der Waals surface area contributed by atoms with Crippen LogP contribution in [0.2, 0.25) is 0 Å². The molecule has 0 unspecified atom stereocenters. The van der Waals surface area contributed by atoms with Gasteiger partial charge in [-0.25, -0.2) is 4.99 Å². The van der Waals surface area contributed by atoms with Crippen molar-refractivity contribution >= 4 is 5.96 Å². The first-order chi connectivity index (χ1) is 11.2. The number of aromatic hydroxyl groups is 1. The van der Waals surface area contributed by atoms with Crippen LogP contribution in [0, 0.1) is 0 Å². The Bertz CT molecular complexity index is 620. The molecule has 0 bridgehead atoms. The van der Waals surface area contributed by atoms with E-state index in [0.717, 1.165) is 43.4 Å². The summed E-state index contributed by atoms with van der Waals surface area (Å²) in [4.78, 5) is 4.55. The fraction of sp³-hybridized carbons (Fsp3) is 0.438. The zero-order valence-electron chi connectivity index (χ0n) is 13.7. The monoisotopic (exact) mass is 316 g/mol. The van der Waals surface area contributed by atoms with E-state index in [-0.39, 0.29) is 5.75 Å². The van der Waals surface area contributed by atoms with E-state index in [1.54, 1.807) is 18.5 Å². The molecule has 7 heteroatoms. The molecule has 0 saturated carbocycles. The fourth-order valence-corrected chi connectivity index (χ4v) is 2.15. The molecule has 0 fully saturated rings. The van der Waals surface area contributed by atoms with Crippen LogP contribution in [-0.2, 0) is 19.5 Å². The Morgan fingerprint density at radius 2 is 2.00 bits per heavy atom. The van der Waals surface area contributed by atoms with Gasteiger partial charge in [0.25, 0.3) is 0 Å². The number of aromatic nitrogens is 3. The van der Waals surface area contributed by atoms with Crippen molar-refractivity contribution in [2.75, 3.05) is 13.1 Å². The second-order valence-electron chi connectivity index (χ2n) is 5.08. The number of guanidine groups is 1. The first kappa shape index (κ1) is 16.8. The van der Waals surface area contributed by atoms with Gasteiger partial charge in [-0.2, -0.15) is 0 Å². The van der Waals surface area contributed by atoms with E-state index in [1.807, 2.05) is 23.6 Å². The summed E-state index contributed by atoms with van der Waals surface area (Å²) >= 11 is 0. The van der Waals surface area contributed by atoms with Crippen LogP contribution < -0.4 is 10.6 Å². The van der Waals surface area contributed by atoms with E-state index in [1.165, 1.54) is 0 Å². The maximum atomic E-state index is 9.29. The summed E-state index contributed by atoms with van der Waals surface area (Å²) in [6.07, 6.45) is 2.62. The highest BCUT2D eigenvalue weighted by molar-refractivity contribution is 5.79. The van der Waals surface area contributed by atoms with Crippen LogP contribution in [-0.4, -0.2) is 38.9 Å². The molecule has 0 spiro atoms. The number of rotatable bonds is 7. The molecule has 0 aliphatic rings. The molecule has 0 radical (unpaired) electrons. The van der Waals surface area contributed by atoms with E-state index in [2.05, 4.69) is 32.7 Å². The van der Waals surface area contributed by atoms with Gasteiger partial charge < -0.3 is 20.3 Å². The second-order valence-corrected chi connectivity index (χ2v) is 5.08. The predicted octanol–water partition coefficient (Wildman–Crippen LogP) is 1.30. The molecule has 1 aromatic heterocycles. The lowest BCUT2D eigenvalue weighted by Gasteiger charge is -2.12. The molecule has 0 saturated heterocycles. The van der Waals surface area contributed by atoms with E-state index in [0.29, 0.717) is 6.54 Å². The van der Waals surface area contributed by atoms with Crippen molar-refractivity contribution in [3.05, 3.63) is 42.0 Å². The van der Waals surface area contributed by atoms with Crippen molar-refractivity contribution in [3.8, 4) is 5.75 Å². The normalized spacial score (nSPS) is 11.5. The number of aryl methyl sites for hydroxylation is 1. The average molecular weight is 316 g/mol. The van der Waals surface area contributed by atoms with Crippen molar-refractivity contribution < 1.29 is 5.11 Å². The first-order valence-corrected chi connectivity index (χ1v) is 7.89. The largest absolute Gasteiger partial charge is 0.508 e. The number of phenols is 1. The molecule has 2 aromatic rings. The maximum absolute atomic E-state index is 9.29. The van der Waals surface area contributed by atoms with Crippen molar-refractivity contribution in [2.24, 2.45) is 4.99 Å². The van der Waals surface area contributed by atoms with Crippen molar-refractivity contribution in [3.63, 3.8) is 0 Å². The predicted molar refractivity (Wildman–Crippen MR) is 90.3 cm³/mol. The fourth-order valence-electron chi connectivity index (χ4n) is 2.15. The third-order valence-electron chi connectivity index (χ3n) is 3.36. The summed E-state index contributed by atoms with van der Waals surface area (Å²) < 4.78 is 2.04. The second kappa shape index (κ2) is 8.77. The molecule has 0 aliphatic carbocycles. The Balaban J connectivity index is 1.87.